The van der Waals surface area contributed by atoms with E-state index in [-0.39, 0.29) is 6.54 Å². The lowest BCUT2D eigenvalue weighted by Crippen LogP contribution is -2.34. The molecule has 2 rings (SSSR count). The Bertz CT molecular complexity index is 599. The Morgan fingerprint density at radius 2 is 1.85 bits per heavy atom. The Labute approximate surface area is 111 Å². The maximum absolute atomic E-state index is 13.5. The van der Waals surface area contributed by atoms with Crippen LogP contribution in [-0.2, 0) is 4.79 Å². The van der Waals surface area contributed by atoms with Crippen LogP contribution in [0.15, 0.2) is 6.07 Å². The van der Waals surface area contributed by atoms with Gasteiger partial charge in [-0.3, -0.25) is 9.59 Å². The Morgan fingerprint density at radius 1 is 1.25 bits per heavy atom. The van der Waals surface area contributed by atoms with E-state index < -0.39 is 46.1 Å². The molecule has 1 saturated carbocycles. The van der Waals surface area contributed by atoms with E-state index in [1.54, 1.807) is 0 Å². The molecule has 8 heteroatoms. The van der Waals surface area contributed by atoms with Gasteiger partial charge in [0.15, 0.2) is 17.4 Å². The van der Waals surface area contributed by atoms with Gasteiger partial charge in [-0.15, -0.1) is 0 Å². The van der Waals surface area contributed by atoms with E-state index in [1.165, 1.54) is 0 Å². The number of carboxylic acids is 1. The van der Waals surface area contributed by atoms with Gasteiger partial charge in [-0.05, 0) is 18.9 Å². The van der Waals surface area contributed by atoms with E-state index >= 15 is 0 Å². The minimum Gasteiger partial charge on any atom is -0.503 e. The summed E-state index contributed by atoms with van der Waals surface area (Å²) in [7, 11) is 0. The predicted molar refractivity (Wildman–Crippen MR) is 59.6 cm³/mol. The molecule has 1 amide bonds. The van der Waals surface area contributed by atoms with Crippen LogP contribution in [-0.4, -0.2) is 28.6 Å². The first-order chi connectivity index (χ1) is 9.28. The van der Waals surface area contributed by atoms with Crippen LogP contribution in [0.4, 0.5) is 13.2 Å². The van der Waals surface area contributed by atoms with Crippen molar-refractivity contribution in [2.45, 2.75) is 12.8 Å². The largest absolute Gasteiger partial charge is 0.503 e. The highest BCUT2D eigenvalue weighted by atomic mass is 19.2. The van der Waals surface area contributed by atoms with Crippen molar-refractivity contribution in [1.82, 2.24) is 5.32 Å². The van der Waals surface area contributed by atoms with Crippen LogP contribution in [0.3, 0.4) is 0 Å². The number of aliphatic carboxylic acids is 1. The molecule has 0 unspecified atom stereocenters. The molecule has 1 aromatic rings. The SMILES string of the molecule is O=C(NCC1(C(=O)O)CC1)c1cc(F)c(F)c(O)c1F. The third kappa shape index (κ3) is 2.28. The summed E-state index contributed by atoms with van der Waals surface area (Å²) in [5.41, 5.74) is -1.96. The number of phenolic OH excluding ortho intramolecular Hbond substituents is 1. The molecular formula is C12H10F3NO4. The predicted octanol–water partition coefficient (Wildman–Crippen LogP) is 1.40. The van der Waals surface area contributed by atoms with Gasteiger partial charge >= 0.3 is 5.97 Å². The lowest BCUT2D eigenvalue weighted by molar-refractivity contribution is -0.143. The van der Waals surface area contributed by atoms with E-state index in [0.29, 0.717) is 18.9 Å². The molecular weight excluding hydrogens is 279 g/mol. The zero-order valence-corrected chi connectivity index (χ0v) is 10.0. The van der Waals surface area contributed by atoms with Gasteiger partial charge in [0.05, 0.1) is 11.0 Å². The molecule has 1 fully saturated rings. The maximum Gasteiger partial charge on any atom is 0.311 e. The van der Waals surface area contributed by atoms with Gasteiger partial charge in [0.1, 0.15) is 0 Å². The molecule has 0 aromatic heterocycles. The molecule has 3 N–H and O–H groups in total. The number of rotatable bonds is 4. The number of carboxylic acid groups (broad SMARTS) is 1. The van der Waals surface area contributed by atoms with Crippen molar-refractivity contribution < 1.29 is 33.0 Å². The van der Waals surface area contributed by atoms with Crippen LogP contribution in [0, 0.1) is 22.9 Å². The fraction of sp³-hybridized carbons (Fsp3) is 0.333. The summed E-state index contributed by atoms with van der Waals surface area (Å²) in [4.78, 5) is 22.5. The highest BCUT2D eigenvalue weighted by molar-refractivity contribution is 5.95. The van der Waals surface area contributed by atoms with Crippen LogP contribution in [0.1, 0.15) is 23.2 Å². The van der Waals surface area contributed by atoms with E-state index in [2.05, 4.69) is 5.32 Å². The normalized spacial score (nSPS) is 15.8. The first-order valence-corrected chi connectivity index (χ1v) is 5.66. The Kier molecular flexibility index (Phi) is 3.33. The lowest BCUT2D eigenvalue weighted by atomic mass is 10.1. The van der Waals surface area contributed by atoms with Crippen LogP contribution in [0.2, 0.25) is 0 Å². The van der Waals surface area contributed by atoms with Gasteiger partial charge in [-0.25, -0.2) is 8.78 Å². The first kappa shape index (κ1) is 14.2. The van der Waals surface area contributed by atoms with Crippen LogP contribution in [0.5, 0.6) is 5.75 Å². The number of halogens is 3. The molecule has 0 bridgehead atoms. The second-order valence-corrected chi connectivity index (χ2v) is 4.65. The standard InChI is InChI=1S/C12H10F3NO4/c13-6-3-5(7(14)9(17)8(6)15)10(18)16-4-12(1-2-12)11(19)20/h3,17H,1-2,4H2,(H,16,18)(H,19,20). The van der Waals surface area contributed by atoms with E-state index in [0.717, 1.165) is 0 Å². The number of amides is 1. The van der Waals surface area contributed by atoms with Crippen molar-refractivity contribution in [2.24, 2.45) is 5.41 Å². The summed E-state index contributed by atoms with van der Waals surface area (Å²) in [6.45, 7) is -0.250. The van der Waals surface area contributed by atoms with Gasteiger partial charge in [0.2, 0.25) is 5.82 Å². The summed E-state index contributed by atoms with van der Waals surface area (Å²) in [5.74, 6) is -8.76. The molecule has 0 atom stereocenters. The fourth-order valence-corrected chi connectivity index (χ4v) is 1.72. The number of carbonyl (C=O) groups excluding carboxylic acids is 1. The van der Waals surface area contributed by atoms with Crippen molar-refractivity contribution in [3.05, 3.63) is 29.1 Å². The quantitative estimate of drug-likeness (QED) is 0.731. The van der Waals surface area contributed by atoms with Crippen molar-refractivity contribution in [1.29, 1.82) is 0 Å². The first-order valence-electron chi connectivity index (χ1n) is 5.66. The van der Waals surface area contributed by atoms with Gasteiger partial charge in [-0.1, -0.05) is 0 Å². The van der Waals surface area contributed by atoms with E-state index in [1.807, 2.05) is 0 Å². The Morgan fingerprint density at radius 3 is 2.35 bits per heavy atom. The van der Waals surface area contributed by atoms with Crippen molar-refractivity contribution in [3.63, 3.8) is 0 Å². The van der Waals surface area contributed by atoms with Crippen molar-refractivity contribution >= 4 is 11.9 Å². The van der Waals surface area contributed by atoms with Crippen molar-refractivity contribution in [2.75, 3.05) is 6.54 Å². The molecule has 1 aromatic carbocycles. The summed E-state index contributed by atoms with van der Waals surface area (Å²) in [6.07, 6.45) is 0.738. The monoisotopic (exact) mass is 289 g/mol. The van der Waals surface area contributed by atoms with Crippen molar-refractivity contribution in [3.8, 4) is 5.75 Å². The number of nitrogens with one attached hydrogen (secondary N) is 1. The topological polar surface area (TPSA) is 86.6 Å². The average molecular weight is 289 g/mol. The molecule has 20 heavy (non-hydrogen) atoms. The van der Waals surface area contributed by atoms with Crippen LogP contribution >= 0.6 is 0 Å². The third-order valence-corrected chi connectivity index (χ3v) is 3.27. The molecule has 108 valence electrons. The second kappa shape index (κ2) is 4.69. The van der Waals surface area contributed by atoms with Gasteiger partial charge in [0, 0.05) is 6.54 Å². The Balaban J connectivity index is 2.16. The van der Waals surface area contributed by atoms with Gasteiger partial charge < -0.3 is 15.5 Å². The zero-order chi connectivity index (χ0) is 15.1. The highest BCUT2D eigenvalue weighted by Gasteiger charge is 2.50. The average Bonchev–Trinajstić information content (AvgIpc) is 3.19. The minimum absolute atomic E-state index is 0.250. The smallest absolute Gasteiger partial charge is 0.311 e. The van der Waals surface area contributed by atoms with E-state index in [4.69, 9.17) is 10.2 Å². The van der Waals surface area contributed by atoms with Gasteiger partial charge in [0.25, 0.3) is 5.91 Å². The molecule has 5 nitrogen and oxygen atoms in total. The Hall–Kier alpha value is -2.25. The number of hydrogen-bond acceptors (Lipinski definition) is 3. The fourth-order valence-electron chi connectivity index (χ4n) is 1.72. The van der Waals surface area contributed by atoms with Crippen LogP contribution in [0.25, 0.3) is 0 Å². The third-order valence-electron chi connectivity index (χ3n) is 3.27. The number of phenols is 1. The summed E-state index contributed by atoms with van der Waals surface area (Å²) in [6, 6.07) is 0.306. The summed E-state index contributed by atoms with van der Waals surface area (Å²) in [5, 5.41) is 20.0. The number of aromatic hydroxyl groups is 1. The van der Waals surface area contributed by atoms with E-state index in [9.17, 15) is 22.8 Å². The molecule has 0 saturated heterocycles. The molecule has 1 aliphatic carbocycles. The maximum atomic E-state index is 13.5. The molecule has 0 heterocycles. The molecule has 1 aliphatic rings. The highest BCUT2D eigenvalue weighted by Crippen LogP contribution is 2.45. The molecule has 0 spiro atoms. The number of carbonyl (C=O) groups is 2. The van der Waals surface area contributed by atoms with Crippen LogP contribution < -0.4 is 5.32 Å². The van der Waals surface area contributed by atoms with Gasteiger partial charge in [-0.2, -0.15) is 4.39 Å². The minimum atomic E-state index is -1.79. The molecule has 0 aliphatic heterocycles. The zero-order valence-electron chi connectivity index (χ0n) is 10.0. The summed E-state index contributed by atoms with van der Waals surface area (Å²) < 4.78 is 39.3. The molecule has 0 radical (unpaired) electrons. The number of benzene rings is 1. The second-order valence-electron chi connectivity index (χ2n) is 4.65. The summed E-state index contributed by atoms with van der Waals surface area (Å²) >= 11 is 0. The number of hydrogen-bond donors (Lipinski definition) is 3. The lowest BCUT2D eigenvalue weighted by Gasteiger charge is -2.12.